The van der Waals surface area contributed by atoms with E-state index in [9.17, 15) is 9.59 Å². The molecule has 0 atom stereocenters. The van der Waals surface area contributed by atoms with Crippen LogP contribution >= 0.6 is 0 Å². The zero-order valence-corrected chi connectivity index (χ0v) is 6.81. The molecule has 0 spiro atoms. The number of carbonyl (C=O) groups is 2. The zero-order valence-electron chi connectivity index (χ0n) is 6.81. The molecule has 1 rings (SSSR count). The summed E-state index contributed by atoms with van der Waals surface area (Å²) in [6.45, 7) is 0. The van der Waals surface area contributed by atoms with Crippen molar-refractivity contribution >= 4 is 18.6 Å². The summed E-state index contributed by atoms with van der Waals surface area (Å²) in [5.74, 6) is 0.0327. The molecule has 1 N–H and O–H groups in total. The van der Waals surface area contributed by atoms with E-state index >= 15 is 0 Å². The van der Waals surface area contributed by atoms with Gasteiger partial charge in [0.2, 0.25) is 0 Å². The molecule has 0 fully saturated rings. The summed E-state index contributed by atoms with van der Waals surface area (Å²) < 4.78 is 0. The van der Waals surface area contributed by atoms with Crippen LogP contribution in [0.3, 0.4) is 0 Å². The number of hydrogen-bond acceptors (Lipinski definition) is 3. The van der Waals surface area contributed by atoms with Crippen molar-refractivity contribution in [1.29, 1.82) is 0 Å². The second-order valence-electron chi connectivity index (χ2n) is 2.43. The van der Waals surface area contributed by atoms with Crippen LogP contribution in [0.4, 0.5) is 0 Å². The van der Waals surface area contributed by atoms with E-state index in [1.807, 2.05) is 0 Å². The highest BCUT2D eigenvalue weighted by Crippen LogP contribution is 2.15. The third-order valence-electron chi connectivity index (χ3n) is 1.55. The lowest BCUT2D eigenvalue weighted by atomic mass is 10.1. The second kappa shape index (κ2) is 4.21. The number of aromatic hydroxyl groups is 1. The van der Waals surface area contributed by atoms with Crippen LogP contribution < -0.4 is 0 Å². The zero-order chi connectivity index (χ0) is 9.68. The highest BCUT2D eigenvalue weighted by molar-refractivity contribution is 5.85. The standard InChI is InChI=1S/C10H8O3/c11-5-1-2-8-3-4-10(13)6-9(8)7-12/h1-7,13H. The molecule has 0 aliphatic carbocycles. The minimum atomic E-state index is 0.0327. The van der Waals surface area contributed by atoms with E-state index in [1.165, 1.54) is 24.3 Å². The predicted molar refractivity (Wildman–Crippen MR) is 48.6 cm³/mol. The number of hydrogen-bond donors (Lipinski definition) is 1. The highest BCUT2D eigenvalue weighted by Gasteiger charge is 1.98. The first-order valence-electron chi connectivity index (χ1n) is 3.68. The topological polar surface area (TPSA) is 54.4 Å². The molecular weight excluding hydrogens is 168 g/mol. The van der Waals surface area contributed by atoms with Gasteiger partial charge in [-0.3, -0.25) is 9.59 Å². The Bertz CT molecular complexity index is 353. The van der Waals surface area contributed by atoms with Gasteiger partial charge in [0.05, 0.1) is 0 Å². The largest absolute Gasteiger partial charge is 0.508 e. The summed E-state index contributed by atoms with van der Waals surface area (Å²) in [5.41, 5.74) is 0.970. The highest BCUT2D eigenvalue weighted by atomic mass is 16.3. The SMILES string of the molecule is O=CC=Cc1ccc(O)cc1C=O. The van der Waals surface area contributed by atoms with Crippen molar-refractivity contribution in [1.82, 2.24) is 0 Å². The van der Waals surface area contributed by atoms with Gasteiger partial charge in [-0.2, -0.15) is 0 Å². The van der Waals surface area contributed by atoms with Crippen LogP contribution in [-0.4, -0.2) is 17.7 Å². The molecule has 0 aliphatic heterocycles. The first kappa shape index (κ1) is 9.19. The van der Waals surface area contributed by atoms with Gasteiger partial charge in [0.25, 0.3) is 0 Å². The van der Waals surface area contributed by atoms with Gasteiger partial charge in [-0.15, -0.1) is 0 Å². The Hall–Kier alpha value is -1.90. The van der Waals surface area contributed by atoms with Crippen LogP contribution in [0.15, 0.2) is 24.3 Å². The lowest BCUT2D eigenvalue weighted by molar-refractivity contribution is -0.104. The minimum absolute atomic E-state index is 0.0327. The van der Waals surface area contributed by atoms with E-state index in [4.69, 9.17) is 5.11 Å². The van der Waals surface area contributed by atoms with Gasteiger partial charge >= 0.3 is 0 Å². The molecule has 3 heteroatoms. The number of benzene rings is 1. The monoisotopic (exact) mass is 176 g/mol. The second-order valence-corrected chi connectivity index (χ2v) is 2.43. The lowest BCUT2D eigenvalue weighted by Crippen LogP contribution is -1.85. The minimum Gasteiger partial charge on any atom is -0.508 e. The Labute approximate surface area is 75.3 Å². The lowest BCUT2D eigenvalue weighted by Gasteiger charge is -1.98. The van der Waals surface area contributed by atoms with Crippen LogP contribution in [0.25, 0.3) is 6.08 Å². The quantitative estimate of drug-likeness (QED) is 0.559. The fourth-order valence-corrected chi connectivity index (χ4v) is 0.959. The smallest absolute Gasteiger partial charge is 0.150 e. The van der Waals surface area contributed by atoms with Gasteiger partial charge in [0, 0.05) is 5.56 Å². The molecule has 0 saturated carbocycles. The number of allylic oxidation sites excluding steroid dienone is 1. The van der Waals surface area contributed by atoms with Crippen molar-refractivity contribution in [2.24, 2.45) is 0 Å². The van der Waals surface area contributed by atoms with Crippen molar-refractivity contribution in [3.05, 3.63) is 35.4 Å². The van der Waals surface area contributed by atoms with Crippen LogP contribution in [0.2, 0.25) is 0 Å². The molecule has 66 valence electrons. The van der Waals surface area contributed by atoms with Gasteiger partial charge < -0.3 is 5.11 Å². The first-order valence-corrected chi connectivity index (χ1v) is 3.68. The molecule has 13 heavy (non-hydrogen) atoms. The summed E-state index contributed by atoms with van der Waals surface area (Å²) in [7, 11) is 0. The van der Waals surface area contributed by atoms with Crippen molar-refractivity contribution in [2.75, 3.05) is 0 Å². The molecule has 0 unspecified atom stereocenters. The van der Waals surface area contributed by atoms with Crippen LogP contribution in [-0.2, 0) is 4.79 Å². The fourth-order valence-electron chi connectivity index (χ4n) is 0.959. The number of rotatable bonds is 3. The molecule has 0 saturated heterocycles. The molecule has 1 aromatic carbocycles. The van der Waals surface area contributed by atoms with Crippen molar-refractivity contribution in [2.45, 2.75) is 0 Å². The van der Waals surface area contributed by atoms with E-state index in [0.29, 0.717) is 23.7 Å². The third-order valence-corrected chi connectivity index (χ3v) is 1.55. The van der Waals surface area contributed by atoms with Crippen LogP contribution in [0.5, 0.6) is 5.75 Å². The van der Waals surface area contributed by atoms with Gasteiger partial charge in [0.15, 0.2) is 6.29 Å². The average molecular weight is 176 g/mol. The first-order chi connectivity index (χ1) is 6.27. The molecule has 0 radical (unpaired) electrons. The van der Waals surface area contributed by atoms with E-state index in [0.717, 1.165) is 0 Å². The number of phenolic OH excluding ortho intramolecular Hbond substituents is 1. The fraction of sp³-hybridized carbons (Fsp3) is 0. The van der Waals surface area contributed by atoms with Crippen molar-refractivity contribution < 1.29 is 14.7 Å². The molecule has 1 aromatic rings. The third kappa shape index (κ3) is 2.27. The van der Waals surface area contributed by atoms with Crippen LogP contribution in [0, 0.1) is 0 Å². The molecular formula is C10H8O3. The Morgan fingerprint density at radius 1 is 1.15 bits per heavy atom. The van der Waals surface area contributed by atoms with E-state index < -0.39 is 0 Å². The Kier molecular flexibility index (Phi) is 2.97. The molecule has 3 nitrogen and oxygen atoms in total. The predicted octanol–water partition coefficient (Wildman–Crippen LogP) is 1.42. The Balaban J connectivity index is 3.12. The maximum atomic E-state index is 10.5. The maximum absolute atomic E-state index is 10.5. The normalized spacial score (nSPS) is 10.2. The van der Waals surface area contributed by atoms with Crippen molar-refractivity contribution in [3.8, 4) is 5.75 Å². The summed E-state index contributed by atoms with van der Waals surface area (Å²) >= 11 is 0. The van der Waals surface area contributed by atoms with E-state index in [2.05, 4.69) is 0 Å². The van der Waals surface area contributed by atoms with Gasteiger partial charge in [-0.25, -0.2) is 0 Å². The molecule has 0 amide bonds. The van der Waals surface area contributed by atoms with E-state index in [-0.39, 0.29) is 5.75 Å². The van der Waals surface area contributed by atoms with Crippen molar-refractivity contribution in [3.63, 3.8) is 0 Å². The van der Waals surface area contributed by atoms with Gasteiger partial charge in [-0.1, -0.05) is 12.1 Å². The van der Waals surface area contributed by atoms with Gasteiger partial charge in [0.1, 0.15) is 12.0 Å². The summed E-state index contributed by atoms with van der Waals surface area (Å²) in [6.07, 6.45) is 4.06. The van der Waals surface area contributed by atoms with E-state index in [1.54, 1.807) is 6.07 Å². The summed E-state index contributed by atoms with van der Waals surface area (Å²) in [5, 5.41) is 9.04. The molecule has 0 bridgehead atoms. The molecule has 0 aromatic heterocycles. The Morgan fingerprint density at radius 3 is 2.54 bits per heavy atom. The molecule has 0 aliphatic rings. The molecule has 0 heterocycles. The van der Waals surface area contributed by atoms with Crippen LogP contribution in [0.1, 0.15) is 15.9 Å². The van der Waals surface area contributed by atoms with Gasteiger partial charge in [-0.05, 0) is 23.8 Å². The summed E-state index contributed by atoms with van der Waals surface area (Å²) in [4.78, 5) is 20.5. The number of aldehydes is 2. The number of carbonyl (C=O) groups excluding carboxylic acids is 2. The maximum Gasteiger partial charge on any atom is 0.150 e. The Morgan fingerprint density at radius 2 is 1.92 bits per heavy atom. The average Bonchev–Trinajstić information content (AvgIpc) is 2.16. The summed E-state index contributed by atoms with van der Waals surface area (Å²) in [6, 6.07) is 4.37. The number of phenols is 1.